The van der Waals surface area contributed by atoms with Gasteiger partial charge in [0.05, 0.1) is 29.7 Å². The lowest BCUT2D eigenvalue weighted by Gasteiger charge is -2.26. The van der Waals surface area contributed by atoms with E-state index in [1.54, 1.807) is 0 Å². The summed E-state index contributed by atoms with van der Waals surface area (Å²) in [4.78, 5) is 16.6. The number of morpholine rings is 1. The van der Waals surface area contributed by atoms with E-state index in [2.05, 4.69) is 15.1 Å². The highest BCUT2D eigenvalue weighted by Gasteiger charge is 2.25. The second-order valence-electron chi connectivity index (χ2n) is 6.55. The van der Waals surface area contributed by atoms with Crippen LogP contribution in [0.15, 0.2) is 29.4 Å². The Labute approximate surface area is 167 Å². The molecule has 4 rings (SSSR count). The summed E-state index contributed by atoms with van der Waals surface area (Å²) in [5, 5.41) is 10.1. The minimum atomic E-state index is 0.0970. The summed E-state index contributed by atoms with van der Waals surface area (Å²) in [6.07, 6.45) is 2.29. The molecule has 0 atom stereocenters. The molecule has 7 nitrogen and oxygen atoms in total. The first-order valence-corrected chi connectivity index (χ1v) is 10.5. The molecule has 0 spiro atoms. The van der Waals surface area contributed by atoms with Gasteiger partial charge >= 0.3 is 0 Å². The van der Waals surface area contributed by atoms with Gasteiger partial charge in [0.15, 0.2) is 5.16 Å². The van der Waals surface area contributed by atoms with Gasteiger partial charge in [0.2, 0.25) is 11.9 Å². The molecule has 0 unspecified atom stereocenters. The van der Waals surface area contributed by atoms with Gasteiger partial charge in [0.25, 0.3) is 0 Å². The Morgan fingerprint density at radius 2 is 1.85 bits per heavy atom. The zero-order chi connectivity index (χ0) is 18.6. The molecular weight excluding hydrogens is 386 g/mol. The van der Waals surface area contributed by atoms with E-state index in [0.29, 0.717) is 42.2 Å². The van der Waals surface area contributed by atoms with Gasteiger partial charge < -0.3 is 14.5 Å². The number of benzene rings is 1. The molecule has 2 aliphatic rings. The Balaban J connectivity index is 1.58. The smallest absolute Gasteiger partial charge is 0.233 e. The molecule has 0 N–H and O–H groups in total. The average molecular weight is 408 g/mol. The van der Waals surface area contributed by atoms with E-state index in [-0.39, 0.29) is 5.91 Å². The first-order valence-electron chi connectivity index (χ1n) is 9.17. The number of para-hydroxylation sites is 1. The highest BCUT2D eigenvalue weighted by atomic mass is 35.5. The van der Waals surface area contributed by atoms with Crippen molar-refractivity contribution in [1.29, 1.82) is 0 Å². The molecule has 1 aromatic carbocycles. The van der Waals surface area contributed by atoms with E-state index in [1.807, 2.05) is 33.7 Å². The predicted octanol–water partition coefficient (Wildman–Crippen LogP) is 2.47. The third-order valence-electron chi connectivity index (χ3n) is 4.79. The first-order chi connectivity index (χ1) is 13.2. The van der Waals surface area contributed by atoms with Crippen molar-refractivity contribution in [3.63, 3.8) is 0 Å². The molecule has 1 aromatic heterocycles. The van der Waals surface area contributed by atoms with Crippen LogP contribution in [0.25, 0.3) is 5.69 Å². The summed E-state index contributed by atoms with van der Waals surface area (Å²) in [6.45, 7) is 4.42. The number of hydrogen-bond donors (Lipinski definition) is 0. The van der Waals surface area contributed by atoms with Crippen molar-refractivity contribution in [1.82, 2.24) is 19.7 Å². The van der Waals surface area contributed by atoms with Crippen LogP contribution in [0.3, 0.4) is 0 Å². The molecule has 0 aliphatic carbocycles. The summed E-state index contributed by atoms with van der Waals surface area (Å²) < 4.78 is 7.29. The Bertz CT molecular complexity index is 803. The maximum atomic E-state index is 12.5. The second kappa shape index (κ2) is 8.50. The highest BCUT2D eigenvalue weighted by molar-refractivity contribution is 7.99. The molecule has 0 radical (unpaired) electrons. The molecule has 0 saturated carbocycles. The van der Waals surface area contributed by atoms with E-state index < -0.39 is 0 Å². The molecule has 9 heteroatoms. The van der Waals surface area contributed by atoms with Crippen molar-refractivity contribution < 1.29 is 9.53 Å². The van der Waals surface area contributed by atoms with Crippen molar-refractivity contribution in [3.05, 3.63) is 29.3 Å². The minimum Gasteiger partial charge on any atom is -0.378 e. The maximum Gasteiger partial charge on any atom is 0.233 e. The number of carbonyl (C=O) groups excluding carboxylic acids is 1. The average Bonchev–Trinajstić information content (AvgIpc) is 3.37. The molecule has 2 aromatic rings. The number of carbonyl (C=O) groups is 1. The van der Waals surface area contributed by atoms with Crippen LogP contribution in [0.5, 0.6) is 0 Å². The second-order valence-corrected chi connectivity index (χ2v) is 7.90. The highest BCUT2D eigenvalue weighted by Crippen LogP contribution is 2.31. The summed E-state index contributed by atoms with van der Waals surface area (Å²) in [7, 11) is 0. The fourth-order valence-corrected chi connectivity index (χ4v) is 4.41. The quantitative estimate of drug-likeness (QED) is 0.709. The van der Waals surface area contributed by atoms with Gasteiger partial charge in [-0.1, -0.05) is 35.5 Å². The number of hydrogen-bond acceptors (Lipinski definition) is 6. The molecule has 1 amide bonds. The molecule has 27 heavy (non-hydrogen) atoms. The number of rotatable bonds is 5. The van der Waals surface area contributed by atoms with Crippen molar-refractivity contribution in [2.75, 3.05) is 50.0 Å². The van der Waals surface area contributed by atoms with Gasteiger partial charge in [-0.15, -0.1) is 10.2 Å². The molecule has 144 valence electrons. The number of anilines is 1. The Morgan fingerprint density at radius 1 is 1.11 bits per heavy atom. The van der Waals surface area contributed by atoms with Crippen LogP contribution < -0.4 is 4.90 Å². The number of aromatic nitrogens is 3. The number of amides is 1. The third kappa shape index (κ3) is 4.07. The topological polar surface area (TPSA) is 63.5 Å². The van der Waals surface area contributed by atoms with Crippen LogP contribution in [0.2, 0.25) is 5.02 Å². The lowest BCUT2D eigenvalue weighted by molar-refractivity contribution is -0.132. The van der Waals surface area contributed by atoms with E-state index in [9.17, 15) is 4.79 Å². The zero-order valence-corrected chi connectivity index (χ0v) is 16.6. The molecular formula is C18H22ClN5O2S. The van der Waals surface area contributed by atoms with E-state index >= 15 is 0 Å². The van der Waals surface area contributed by atoms with Crippen molar-refractivity contribution in [3.8, 4) is 5.69 Å². The SMILES string of the molecule is O=C(CSc1nnc(N2CCCC2)n1-c1ccccc1Cl)N1CCOCC1. The summed E-state index contributed by atoms with van der Waals surface area (Å²) in [5.74, 6) is 1.21. The number of nitrogens with zero attached hydrogens (tertiary/aromatic N) is 5. The molecule has 2 aliphatic heterocycles. The van der Waals surface area contributed by atoms with Crippen LogP contribution in [0.1, 0.15) is 12.8 Å². The monoisotopic (exact) mass is 407 g/mol. The summed E-state index contributed by atoms with van der Waals surface area (Å²) >= 11 is 7.86. The molecule has 2 saturated heterocycles. The van der Waals surface area contributed by atoms with Crippen LogP contribution in [0.4, 0.5) is 5.95 Å². The lowest BCUT2D eigenvalue weighted by Crippen LogP contribution is -2.41. The lowest BCUT2D eigenvalue weighted by atomic mass is 10.3. The third-order valence-corrected chi connectivity index (χ3v) is 6.02. The normalized spacial score (nSPS) is 17.5. The van der Waals surface area contributed by atoms with Gasteiger partial charge in [-0.25, -0.2) is 0 Å². The predicted molar refractivity (Wildman–Crippen MR) is 106 cm³/mol. The summed E-state index contributed by atoms with van der Waals surface area (Å²) in [6, 6.07) is 7.67. The van der Waals surface area contributed by atoms with E-state index in [1.165, 1.54) is 11.8 Å². The van der Waals surface area contributed by atoms with Crippen LogP contribution >= 0.6 is 23.4 Å². The van der Waals surface area contributed by atoms with E-state index in [0.717, 1.165) is 37.6 Å². The van der Waals surface area contributed by atoms with E-state index in [4.69, 9.17) is 16.3 Å². The molecule has 3 heterocycles. The Morgan fingerprint density at radius 3 is 2.59 bits per heavy atom. The van der Waals surface area contributed by atoms with Gasteiger partial charge in [0.1, 0.15) is 0 Å². The van der Waals surface area contributed by atoms with Crippen molar-refractivity contribution >= 4 is 35.2 Å². The molecule has 2 fully saturated rings. The minimum absolute atomic E-state index is 0.0970. The fraction of sp³-hybridized carbons (Fsp3) is 0.500. The molecule has 0 bridgehead atoms. The largest absolute Gasteiger partial charge is 0.378 e. The number of thioether (sulfide) groups is 1. The standard InChI is InChI=1S/C18H22ClN5O2S/c19-14-5-1-2-6-15(14)24-17(23-7-3-4-8-23)20-21-18(24)27-13-16(25)22-9-11-26-12-10-22/h1-2,5-6H,3-4,7-13H2. The zero-order valence-electron chi connectivity index (χ0n) is 15.0. The van der Waals surface area contributed by atoms with Gasteiger partial charge in [-0.2, -0.15) is 0 Å². The Hall–Kier alpha value is -1.77. The van der Waals surface area contributed by atoms with Crippen LogP contribution in [-0.4, -0.2) is 70.7 Å². The number of ether oxygens (including phenoxy) is 1. The van der Waals surface area contributed by atoms with Crippen molar-refractivity contribution in [2.45, 2.75) is 18.0 Å². The van der Waals surface area contributed by atoms with Crippen LogP contribution in [0, 0.1) is 0 Å². The van der Waals surface area contributed by atoms with Crippen LogP contribution in [-0.2, 0) is 9.53 Å². The first kappa shape index (κ1) is 18.6. The van der Waals surface area contributed by atoms with Gasteiger partial charge in [-0.05, 0) is 25.0 Å². The summed E-state index contributed by atoms with van der Waals surface area (Å²) in [5.41, 5.74) is 0.840. The fourth-order valence-electron chi connectivity index (χ4n) is 3.35. The Kier molecular flexibility index (Phi) is 5.85. The maximum absolute atomic E-state index is 12.5. The number of halogens is 1. The van der Waals surface area contributed by atoms with Gasteiger partial charge in [-0.3, -0.25) is 9.36 Å². The van der Waals surface area contributed by atoms with Gasteiger partial charge in [0, 0.05) is 26.2 Å². The van der Waals surface area contributed by atoms with Crippen molar-refractivity contribution in [2.24, 2.45) is 0 Å².